The first-order valence-corrected chi connectivity index (χ1v) is 21.1. The van der Waals surface area contributed by atoms with Gasteiger partial charge in [-0.25, -0.2) is 15.0 Å². The van der Waals surface area contributed by atoms with Crippen molar-refractivity contribution in [1.82, 2.24) is 15.0 Å². The van der Waals surface area contributed by atoms with Gasteiger partial charge in [-0.2, -0.15) is 0 Å². The van der Waals surface area contributed by atoms with Crippen LogP contribution < -0.4 is 0 Å². The van der Waals surface area contributed by atoms with E-state index >= 15 is 0 Å². The first-order chi connectivity index (χ1) is 31.2. The van der Waals surface area contributed by atoms with E-state index in [1.165, 1.54) is 26.9 Å². The third kappa shape index (κ3) is 5.15. The van der Waals surface area contributed by atoms with Gasteiger partial charge in [0.1, 0.15) is 33.5 Å². The predicted octanol–water partition coefficient (Wildman–Crippen LogP) is 15.7. The first kappa shape index (κ1) is 34.1. The number of nitrogens with zero attached hydrogens (tertiary/aromatic N) is 3. The van der Waals surface area contributed by atoms with E-state index in [9.17, 15) is 0 Å². The van der Waals surface area contributed by atoms with Crippen LogP contribution in [-0.2, 0) is 0 Å². The van der Waals surface area contributed by atoms with Gasteiger partial charge in [-0.15, -0.1) is 0 Å². The molecule has 0 saturated carbocycles. The molecule has 0 aliphatic heterocycles. The molecule has 0 fully saturated rings. The van der Waals surface area contributed by atoms with Gasteiger partial charge in [0.2, 0.25) is 0 Å². The van der Waals surface area contributed by atoms with Crippen LogP contribution in [0.25, 0.3) is 143 Å². The third-order valence-corrected chi connectivity index (χ3v) is 12.7. The van der Waals surface area contributed by atoms with Crippen molar-refractivity contribution in [2.75, 3.05) is 0 Å². The number of para-hydroxylation sites is 2. The normalized spacial score (nSPS) is 12.1. The molecule has 0 aliphatic rings. The molecule has 0 bridgehead atoms. The van der Waals surface area contributed by atoms with E-state index in [4.69, 9.17) is 28.2 Å². The van der Waals surface area contributed by atoms with E-state index in [1.54, 1.807) is 0 Å². The van der Waals surface area contributed by atoms with Gasteiger partial charge in [0.05, 0.1) is 0 Å². The van der Waals surface area contributed by atoms with E-state index in [0.717, 1.165) is 99.0 Å². The molecule has 0 saturated heterocycles. The smallest absolute Gasteiger partial charge is 0.164 e. The van der Waals surface area contributed by atoms with Crippen molar-refractivity contribution in [2.24, 2.45) is 0 Å². The molecule has 0 spiro atoms. The van der Waals surface area contributed by atoms with Crippen LogP contribution in [0.4, 0.5) is 0 Å². The summed E-state index contributed by atoms with van der Waals surface area (Å²) in [6, 6.07) is 65.2. The minimum Gasteiger partial charge on any atom is -0.456 e. The average Bonchev–Trinajstić information content (AvgIpc) is 4.04. The highest BCUT2D eigenvalue weighted by Gasteiger charge is 2.20. The lowest BCUT2D eigenvalue weighted by Gasteiger charge is -2.13. The van der Waals surface area contributed by atoms with E-state index in [0.29, 0.717) is 17.5 Å². The van der Waals surface area contributed by atoms with Gasteiger partial charge in [-0.1, -0.05) is 127 Å². The molecular formula is C57H31N3O3. The summed E-state index contributed by atoms with van der Waals surface area (Å²) in [4.78, 5) is 15.8. The van der Waals surface area contributed by atoms with Crippen LogP contribution in [0.5, 0.6) is 0 Å². The van der Waals surface area contributed by atoms with Gasteiger partial charge in [-0.3, -0.25) is 0 Å². The molecule has 63 heavy (non-hydrogen) atoms. The highest BCUT2D eigenvalue weighted by atomic mass is 16.3. The molecule has 0 atom stereocenters. The average molecular weight is 806 g/mol. The zero-order chi connectivity index (χ0) is 41.2. The molecule has 0 aliphatic carbocycles. The first-order valence-electron chi connectivity index (χ1n) is 21.1. The van der Waals surface area contributed by atoms with Crippen LogP contribution >= 0.6 is 0 Å². The fourth-order valence-electron chi connectivity index (χ4n) is 9.76. The Balaban J connectivity index is 0.993. The van der Waals surface area contributed by atoms with Gasteiger partial charge >= 0.3 is 0 Å². The maximum Gasteiger partial charge on any atom is 0.164 e. The SMILES string of the molecule is c1ccc2c(c1)oc1cc(-c3nc(-c4ccc5c6ccccc6c6ccccc6c5c4)nc(-c4cccc5oc6ccc(-c7ccc8oc9ccccc9c8c7)cc6c45)n3)ccc12. The second-order valence-corrected chi connectivity index (χ2v) is 16.3. The van der Waals surface area contributed by atoms with Crippen LogP contribution in [0.15, 0.2) is 201 Å². The highest BCUT2D eigenvalue weighted by molar-refractivity contribution is 6.25. The van der Waals surface area contributed by atoms with Crippen molar-refractivity contribution in [3.63, 3.8) is 0 Å². The summed E-state index contributed by atoms with van der Waals surface area (Å²) in [7, 11) is 0. The van der Waals surface area contributed by atoms with E-state index < -0.39 is 0 Å². The van der Waals surface area contributed by atoms with E-state index in [-0.39, 0.29) is 0 Å². The largest absolute Gasteiger partial charge is 0.456 e. The molecule has 0 amide bonds. The molecule has 292 valence electrons. The molecule has 4 aromatic heterocycles. The number of fused-ring (bicyclic) bond motifs is 15. The Kier molecular flexibility index (Phi) is 7.02. The predicted molar refractivity (Wildman–Crippen MR) is 256 cm³/mol. The van der Waals surface area contributed by atoms with Crippen LogP contribution in [0.1, 0.15) is 0 Å². The molecule has 6 nitrogen and oxygen atoms in total. The van der Waals surface area contributed by atoms with Gasteiger partial charge in [0, 0.05) is 49.0 Å². The topological polar surface area (TPSA) is 78.1 Å². The molecule has 14 aromatic rings. The quantitative estimate of drug-likeness (QED) is 0.165. The summed E-state index contributed by atoms with van der Waals surface area (Å²) in [6.07, 6.45) is 0. The number of hydrogen-bond donors (Lipinski definition) is 0. The van der Waals surface area contributed by atoms with Crippen LogP contribution in [0.3, 0.4) is 0 Å². The Hall–Kier alpha value is -8.61. The van der Waals surface area contributed by atoms with Gasteiger partial charge < -0.3 is 13.3 Å². The van der Waals surface area contributed by atoms with Crippen molar-refractivity contribution < 1.29 is 13.3 Å². The highest BCUT2D eigenvalue weighted by Crippen LogP contribution is 2.41. The minimum absolute atomic E-state index is 0.548. The zero-order valence-electron chi connectivity index (χ0n) is 33.5. The fraction of sp³-hybridized carbons (Fsp3) is 0. The van der Waals surface area contributed by atoms with Gasteiger partial charge in [0.25, 0.3) is 0 Å². The van der Waals surface area contributed by atoms with Crippen molar-refractivity contribution in [2.45, 2.75) is 0 Å². The van der Waals surface area contributed by atoms with E-state index in [1.807, 2.05) is 54.6 Å². The standard InChI is InChI=1S/C57H31N3O3/c1-2-12-38-36(10-1)37-11-3-4-13-39(37)45-30-34(20-24-40(38)45)55-58-56(35-21-25-43-41-14-5-7-17-48(41)63-53(43)31-35)60-57(59-55)44-16-9-19-52-54(44)47-29-33(23-27-51(47)62-52)32-22-26-50-46(28-32)42-15-6-8-18-49(42)61-50/h1-31H. The molecular weight excluding hydrogens is 775 g/mol. The minimum atomic E-state index is 0.548. The molecule has 14 rings (SSSR count). The summed E-state index contributed by atoms with van der Waals surface area (Å²) in [5.41, 5.74) is 9.64. The maximum absolute atomic E-state index is 6.55. The molecule has 6 heteroatoms. The van der Waals surface area contributed by atoms with Crippen molar-refractivity contribution in [3.05, 3.63) is 188 Å². The number of aromatic nitrogens is 3. The molecule has 4 heterocycles. The Morgan fingerprint density at radius 2 is 0.651 bits per heavy atom. The molecule has 0 N–H and O–H groups in total. The maximum atomic E-state index is 6.55. The van der Waals surface area contributed by atoms with Crippen molar-refractivity contribution in [1.29, 1.82) is 0 Å². The summed E-state index contributed by atoms with van der Waals surface area (Å²) in [5, 5.41) is 13.4. The molecule has 10 aromatic carbocycles. The summed E-state index contributed by atoms with van der Waals surface area (Å²) >= 11 is 0. The summed E-state index contributed by atoms with van der Waals surface area (Å²) in [6.45, 7) is 0. The summed E-state index contributed by atoms with van der Waals surface area (Å²) < 4.78 is 19.1. The zero-order valence-corrected chi connectivity index (χ0v) is 33.5. The lowest BCUT2D eigenvalue weighted by atomic mass is 9.93. The number of rotatable bonds is 4. The Morgan fingerprint density at radius 3 is 1.33 bits per heavy atom. The lowest BCUT2D eigenvalue weighted by Crippen LogP contribution is -2.00. The Labute approximate surface area is 358 Å². The number of furan rings is 3. The van der Waals surface area contributed by atoms with Gasteiger partial charge in [0.15, 0.2) is 17.5 Å². The Morgan fingerprint density at radius 1 is 0.238 bits per heavy atom. The second kappa shape index (κ2) is 12.9. The van der Waals surface area contributed by atoms with E-state index in [2.05, 4.69) is 133 Å². The van der Waals surface area contributed by atoms with Gasteiger partial charge in [-0.05, 0) is 104 Å². The fourth-order valence-corrected chi connectivity index (χ4v) is 9.76. The Bertz CT molecular complexity index is 4200. The van der Waals surface area contributed by atoms with Crippen LogP contribution in [0, 0.1) is 0 Å². The molecule has 0 unspecified atom stereocenters. The number of benzene rings is 10. The third-order valence-electron chi connectivity index (χ3n) is 12.7. The lowest BCUT2D eigenvalue weighted by molar-refractivity contribution is 0.668. The van der Waals surface area contributed by atoms with Crippen LogP contribution in [-0.4, -0.2) is 15.0 Å². The van der Waals surface area contributed by atoms with Crippen LogP contribution in [0.2, 0.25) is 0 Å². The monoisotopic (exact) mass is 805 g/mol. The summed E-state index contributed by atoms with van der Waals surface area (Å²) in [5.74, 6) is 1.67. The molecule has 0 radical (unpaired) electrons. The number of hydrogen-bond acceptors (Lipinski definition) is 6. The van der Waals surface area contributed by atoms with Crippen molar-refractivity contribution >= 4 is 98.1 Å². The van der Waals surface area contributed by atoms with Crippen molar-refractivity contribution in [3.8, 4) is 45.3 Å². The second-order valence-electron chi connectivity index (χ2n) is 16.3.